The minimum absolute atomic E-state index is 0.157. The van der Waals surface area contributed by atoms with Crippen LogP contribution in [0.25, 0.3) is 10.2 Å². The minimum Gasteiger partial charge on any atom is -0.448 e. The number of fused-ring (bicyclic) bond motifs is 1. The van der Waals surface area contributed by atoms with Crippen LogP contribution in [0, 0.1) is 0 Å². The lowest BCUT2D eigenvalue weighted by Gasteiger charge is -2.28. The normalized spacial score (nSPS) is 16.2. The van der Waals surface area contributed by atoms with Gasteiger partial charge in [-0.25, -0.2) is 4.79 Å². The van der Waals surface area contributed by atoms with E-state index in [0.29, 0.717) is 40.4 Å². The molecule has 0 saturated carbocycles. The van der Waals surface area contributed by atoms with Crippen molar-refractivity contribution in [3.05, 3.63) is 76.7 Å². The summed E-state index contributed by atoms with van der Waals surface area (Å²) in [7, 11) is 0. The van der Waals surface area contributed by atoms with Gasteiger partial charge in [-0.2, -0.15) is 4.68 Å². The van der Waals surface area contributed by atoms with Crippen LogP contribution in [0.5, 0.6) is 0 Å². The van der Waals surface area contributed by atoms with E-state index in [1.165, 1.54) is 11.3 Å². The number of carbonyl (C=O) groups excluding carboxylic acids is 3. The molecule has 0 spiro atoms. The number of ether oxygens (including phenoxy) is 2. The maximum atomic E-state index is 13.6. The molecule has 230 valence electrons. The summed E-state index contributed by atoms with van der Waals surface area (Å²) in [6.07, 6.45) is 1.62. The molecule has 4 aromatic rings. The molecule has 0 aliphatic carbocycles. The molecular weight excluding hydrogens is 580 g/mol. The molecule has 0 radical (unpaired) electrons. The molecule has 4 heterocycles. The van der Waals surface area contributed by atoms with E-state index in [1.54, 1.807) is 25.1 Å². The smallest absolute Gasteiger partial charge is 0.435 e. The second-order valence-electron chi connectivity index (χ2n) is 10.8. The Morgan fingerprint density at radius 1 is 0.977 bits per heavy atom. The van der Waals surface area contributed by atoms with Gasteiger partial charge in [0.25, 0.3) is 11.8 Å². The van der Waals surface area contributed by atoms with Crippen molar-refractivity contribution in [3.8, 4) is 0 Å². The number of benzene rings is 2. The number of nitrogens with zero attached hydrogens (tertiary/aromatic N) is 4. The number of morpholine rings is 1. The molecule has 0 bridgehead atoms. The first-order chi connectivity index (χ1) is 21.5. The molecule has 2 aromatic carbocycles. The van der Waals surface area contributed by atoms with E-state index < -0.39 is 6.09 Å². The second kappa shape index (κ2) is 13.6. The molecule has 6 rings (SSSR count). The summed E-state index contributed by atoms with van der Waals surface area (Å²) in [5, 5.41) is 10.4. The highest BCUT2D eigenvalue weighted by atomic mass is 32.1. The van der Waals surface area contributed by atoms with Crippen LogP contribution in [0.4, 0.5) is 16.3 Å². The summed E-state index contributed by atoms with van der Waals surface area (Å²) >= 11 is 1.18. The van der Waals surface area contributed by atoms with Crippen LogP contribution in [-0.4, -0.2) is 85.1 Å². The number of aromatic nitrogens is 2. The molecule has 11 nitrogen and oxygen atoms in total. The number of hydrogen-bond acceptors (Lipinski definition) is 9. The fourth-order valence-corrected chi connectivity index (χ4v) is 6.60. The molecular formula is C32H36N6O5S. The van der Waals surface area contributed by atoms with Gasteiger partial charge in [-0.1, -0.05) is 30.3 Å². The van der Waals surface area contributed by atoms with E-state index >= 15 is 0 Å². The second-order valence-corrected chi connectivity index (χ2v) is 11.9. The topological polar surface area (TPSA) is 118 Å². The average molecular weight is 617 g/mol. The highest BCUT2D eigenvalue weighted by Crippen LogP contribution is 2.33. The van der Waals surface area contributed by atoms with Gasteiger partial charge in [0.15, 0.2) is 5.82 Å². The van der Waals surface area contributed by atoms with Crippen molar-refractivity contribution >= 4 is 51.0 Å². The summed E-state index contributed by atoms with van der Waals surface area (Å²) in [5.74, 6) is -0.440. The van der Waals surface area contributed by atoms with Crippen molar-refractivity contribution in [1.29, 1.82) is 0 Å². The van der Waals surface area contributed by atoms with Crippen molar-refractivity contribution in [3.63, 3.8) is 0 Å². The third kappa shape index (κ3) is 6.62. The van der Waals surface area contributed by atoms with Crippen LogP contribution >= 0.6 is 11.3 Å². The monoisotopic (exact) mass is 616 g/mol. The van der Waals surface area contributed by atoms with Gasteiger partial charge in [0, 0.05) is 30.9 Å². The molecule has 2 aliphatic heterocycles. The Balaban J connectivity index is 1.24. The number of rotatable bonds is 9. The Hall–Kier alpha value is -4.26. The van der Waals surface area contributed by atoms with Gasteiger partial charge in [0.2, 0.25) is 0 Å². The summed E-state index contributed by atoms with van der Waals surface area (Å²) in [6.45, 7) is 7.54. The van der Waals surface area contributed by atoms with Gasteiger partial charge in [0.05, 0.1) is 41.0 Å². The summed E-state index contributed by atoms with van der Waals surface area (Å²) in [5.41, 5.74) is 2.89. The van der Waals surface area contributed by atoms with Crippen molar-refractivity contribution < 1.29 is 23.9 Å². The Bertz CT molecular complexity index is 1610. The predicted octanol–water partition coefficient (Wildman–Crippen LogP) is 4.76. The Labute approximate surface area is 259 Å². The molecule has 2 fully saturated rings. The number of likely N-dealkylation sites (tertiary alicyclic amines) is 1. The summed E-state index contributed by atoms with van der Waals surface area (Å²) < 4.78 is 12.2. The van der Waals surface area contributed by atoms with Crippen LogP contribution < -0.4 is 15.5 Å². The van der Waals surface area contributed by atoms with Crippen molar-refractivity contribution in [2.45, 2.75) is 25.8 Å². The number of amides is 2. The Morgan fingerprint density at radius 2 is 1.70 bits per heavy atom. The highest BCUT2D eigenvalue weighted by Gasteiger charge is 2.26. The molecule has 2 saturated heterocycles. The van der Waals surface area contributed by atoms with E-state index in [9.17, 15) is 14.4 Å². The molecule has 0 unspecified atom stereocenters. The lowest BCUT2D eigenvalue weighted by molar-refractivity contribution is 0.0930. The van der Waals surface area contributed by atoms with E-state index in [1.807, 2.05) is 42.5 Å². The number of anilines is 2. The third-order valence-electron chi connectivity index (χ3n) is 7.90. The largest absolute Gasteiger partial charge is 0.448 e. The summed E-state index contributed by atoms with van der Waals surface area (Å²) in [6, 6.07) is 18.7. The molecule has 2 aromatic heterocycles. The first-order valence-electron chi connectivity index (χ1n) is 15.0. The fraction of sp³-hybridized carbons (Fsp3) is 0.375. The third-order valence-corrected chi connectivity index (χ3v) is 9.03. The van der Waals surface area contributed by atoms with Gasteiger partial charge in [-0.15, -0.1) is 16.4 Å². The van der Waals surface area contributed by atoms with Gasteiger partial charge >= 0.3 is 6.09 Å². The molecule has 2 N–H and O–H groups in total. The maximum absolute atomic E-state index is 13.6. The number of hydrogen-bond donors (Lipinski definition) is 2. The maximum Gasteiger partial charge on any atom is 0.435 e. The molecule has 2 aliphatic rings. The van der Waals surface area contributed by atoms with E-state index in [-0.39, 0.29) is 30.3 Å². The number of thiophene rings is 1. The van der Waals surface area contributed by atoms with Gasteiger partial charge in [0.1, 0.15) is 0 Å². The van der Waals surface area contributed by atoms with E-state index in [2.05, 4.69) is 25.5 Å². The predicted molar refractivity (Wildman–Crippen MR) is 170 cm³/mol. The summed E-state index contributed by atoms with van der Waals surface area (Å²) in [4.78, 5) is 44.7. The lowest BCUT2D eigenvalue weighted by atomic mass is 10.1. The van der Waals surface area contributed by atoms with Gasteiger partial charge in [-0.3, -0.25) is 9.59 Å². The van der Waals surface area contributed by atoms with Crippen molar-refractivity contribution in [1.82, 2.24) is 20.0 Å². The average Bonchev–Trinajstić information content (AvgIpc) is 3.80. The molecule has 12 heteroatoms. The SMILES string of the molecule is CCOC(=O)n1nc(NC(=O)c2ccc(N3CCOCC3)cc2)c2sc(C(=O)N[C@H](CN3CCCC3)c3ccccc3)cc21. The molecule has 2 amide bonds. The minimum atomic E-state index is -0.686. The van der Waals surface area contributed by atoms with Crippen LogP contribution in [0.3, 0.4) is 0 Å². The zero-order valence-electron chi connectivity index (χ0n) is 24.7. The van der Waals surface area contributed by atoms with E-state index in [0.717, 1.165) is 55.0 Å². The van der Waals surface area contributed by atoms with E-state index in [4.69, 9.17) is 9.47 Å². The molecule has 1 atom stereocenters. The van der Waals surface area contributed by atoms with Gasteiger partial charge in [-0.05, 0) is 68.8 Å². The number of carbonyl (C=O) groups is 3. The zero-order chi connectivity index (χ0) is 30.5. The Kier molecular flexibility index (Phi) is 9.20. The Morgan fingerprint density at radius 3 is 2.41 bits per heavy atom. The zero-order valence-corrected chi connectivity index (χ0v) is 25.5. The number of nitrogens with one attached hydrogen (secondary N) is 2. The molecule has 44 heavy (non-hydrogen) atoms. The van der Waals surface area contributed by atoms with Crippen LogP contribution in [-0.2, 0) is 9.47 Å². The quantitative estimate of drug-likeness (QED) is 0.277. The van der Waals surface area contributed by atoms with Crippen LogP contribution in [0.1, 0.15) is 51.4 Å². The van der Waals surface area contributed by atoms with Crippen LogP contribution in [0.15, 0.2) is 60.7 Å². The standard InChI is InChI=1S/C32H36N6O5S/c1-2-43-32(41)38-26-20-27(31(40)33-25(21-36-14-6-7-15-36)22-8-4-3-5-9-22)44-28(26)29(35-38)34-30(39)23-10-12-24(13-11-23)37-16-18-42-19-17-37/h3-5,8-13,20,25H,2,6-7,14-19,21H2,1H3,(H,33,40)(H,34,35,39)/t25-/m1/s1. The van der Waals surface area contributed by atoms with Crippen LogP contribution in [0.2, 0.25) is 0 Å². The first kappa shape index (κ1) is 29.8. The highest BCUT2D eigenvalue weighted by molar-refractivity contribution is 7.21. The van der Waals surface area contributed by atoms with Crippen molar-refractivity contribution in [2.75, 3.05) is 62.8 Å². The first-order valence-corrected chi connectivity index (χ1v) is 15.8. The lowest BCUT2D eigenvalue weighted by Crippen LogP contribution is -2.36. The van der Waals surface area contributed by atoms with Gasteiger partial charge < -0.3 is 29.9 Å². The fourth-order valence-electron chi connectivity index (χ4n) is 5.62. The van der Waals surface area contributed by atoms with Crippen molar-refractivity contribution in [2.24, 2.45) is 0 Å².